The highest BCUT2D eigenvalue weighted by Gasteiger charge is 1.93. The first-order valence-electron chi connectivity index (χ1n) is 2.50. The maximum Gasteiger partial charge on any atom is 0.316 e. The highest BCUT2D eigenvalue weighted by molar-refractivity contribution is 5.75. The zero-order valence-electron chi connectivity index (χ0n) is 6.19. The average molecular weight is 200 g/mol. The van der Waals surface area contributed by atoms with E-state index in [2.05, 4.69) is 15.0 Å². The van der Waals surface area contributed by atoms with E-state index in [9.17, 15) is 0 Å². The Morgan fingerprint density at radius 2 is 1.00 bits per heavy atom. The average Bonchev–Trinajstić information content (AvgIpc) is 1.88. The Bertz CT molecular complexity index is 196. The molecule has 0 fully saturated rings. The van der Waals surface area contributed by atoms with Crippen LogP contribution in [-0.2, 0) is 4.79 Å². The quantitative estimate of drug-likeness (QED) is 0.369. The predicted octanol–water partition coefficient (Wildman–Crippen LogP) is -3.31. The third kappa shape index (κ3) is 7.18. The molecule has 0 aliphatic heterocycles. The smallest absolute Gasteiger partial charge is 0.316 e. The first-order valence-corrected chi connectivity index (χ1v) is 2.50. The van der Waals surface area contributed by atoms with Crippen LogP contribution in [0.15, 0.2) is 0 Å². The number of nitrogens with two attached hydrogens (primary N) is 3. The molecule has 0 aromatic carbocycles. The first kappa shape index (κ1) is 17.8. The number of nitrogen functional groups attached to an aromatic ring is 3. The molecule has 0 aliphatic rings. The van der Waals surface area contributed by atoms with E-state index in [1.807, 2.05) is 6.79 Å². The summed E-state index contributed by atoms with van der Waals surface area (Å²) >= 11 is 0. The van der Waals surface area contributed by atoms with Gasteiger partial charge < -0.3 is 27.5 Å². The molecule has 8 nitrogen and oxygen atoms in total. The number of aromatic nitrogens is 3. The van der Waals surface area contributed by atoms with Gasteiger partial charge in [0.25, 0.3) is 0 Å². The first-order chi connectivity index (χ1) is 5.18. The van der Waals surface area contributed by atoms with Gasteiger partial charge >= 0.3 is 23.1 Å². The van der Waals surface area contributed by atoms with Gasteiger partial charge in [-0.15, -0.1) is 0 Å². The van der Waals surface area contributed by atoms with Gasteiger partial charge in [0.05, 0.1) is 0 Å². The summed E-state index contributed by atoms with van der Waals surface area (Å²) in [7, 11) is 0. The lowest BCUT2D eigenvalue weighted by Gasteiger charge is -1.93. The van der Waals surface area contributed by atoms with Crippen LogP contribution in [0.2, 0.25) is 0 Å². The second kappa shape index (κ2) is 8.90. The standard InChI is InChI=1S/C3H6N6.CH2O.Mg.H2O.2H/c4-1-7-2(5)9-3(6)8-1;1-2;;;;/h(H6,4,5,6,7,8,9);1H2;;1H2;;. The Kier molecular flexibility index (Phi) is 12.2. The van der Waals surface area contributed by atoms with Gasteiger partial charge in [0.15, 0.2) is 0 Å². The van der Waals surface area contributed by atoms with Crippen LogP contribution in [-0.4, -0.2) is 50.3 Å². The molecule has 1 aromatic heterocycles. The molecule has 0 radical (unpaired) electrons. The Labute approximate surface area is 90.4 Å². The third-order valence-corrected chi connectivity index (χ3v) is 0.687. The van der Waals surface area contributed by atoms with E-state index in [0.29, 0.717) is 0 Å². The van der Waals surface area contributed by atoms with Gasteiger partial charge in [0.2, 0.25) is 17.8 Å². The fourth-order valence-electron chi connectivity index (χ4n) is 0.427. The van der Waals surface area contributed by atoms with Crippen molar-refractivity contribution < 1.29 is 10.3 Å². The summed E-state index contributed by atoms with van der Waals surface area (Å²) in [5.41, 5.74) is 15.4. The van der Waals surface area contributed by atoms with Gasteiger partial charge in [-0.25, -0.2) is 0 Å². The van der Waals surface area contributed by atoms with Crippen molar-refractivity contribution in [3.8, 4) is 0 Å². The van der Waals surface area contributed by atoms with Crippen molar-refractivity contribution in [2.24, 2.45) is 0 Å². The third-order valence-electron chi connectivity index (χ3n) is 0.687. The fraction of sp³-hybridized carbons (Fsp3) is 0. The maximum absolute atomic E-state index is 8.00. The second-order valence-corrected chi connectivity index (χ2v) is 1.41. The van der Waals surface area contributed by atoms with E-state index < -0.39 is 0 Å². The lowest BCUT2D eigenvalue weighted by molar-refractivity contribution is -0.0979. The van der Waals surface area contributed by atoms with Crippen molar-refractivity contribution in [2.45, 2.75) is 0 Å². The zero-order chi connectivity index (χ0) is 8.85. The van der Waals surface area contributed by atoms with E-state index in [-0.39, 0.29) is 46.4 Å². The van der Waals surface area contributed by atoms with Gasteiger partial charge in [-0.3, -0.25) is 0 Å². The number of hydrogen-bond donors (Lipinski definition) is 3. The van der Waals surface area contributed by atoms with Crippen LogP contribution in [0.25, 0.3) is 0 Å². The highest BCUT2D eigenvalue weighted by atomic mass is 24.3. The molecule has 0 aliphatic carbocycles. The molecule has 0 saturated heterocycles. The van der Waals surface area contributed by atoms with Crippen molar-refractivity contribution in [3.63, 3.8) is 0 Å². The minimum atomic E-state index is 0. The van der Waals surface area contributed by atoms with Crippen LogP contribution in [0, 0.1) is 0 Å². The molecule has 1 aromatic rings. The molecule has 9 heteroatoms. The minimum Gasteiger partial charge on any atom is -0.412 e. The fourth-order valence-corrected chi connectivity index (χ4v) is 0.427. The zero-order valence-corrected chi connectivity index (χ0v) is 6.19. The van der Waals surface area contributed by atoms with E-state index in [4.69, 9.17) is 22.0 Å². The van der Waals surface area contributed by atoms with Crippen molar-refractivity contribution in [3.05, 3.63) is 0 Å². The molecule has 8 N–H and O–H groups in total. The van der Waals surface area contributed by atoms with Crippen molar-refractivity contribution in [1.82, 2.24) is 15.0 Å². The molecular formula is C4H12MgN6O2. The lowest BCUT2D eigenvalue weighted by Crippen LogP contribution is -2.05. The highest BCUT2D eigenvalue weighted by Crippen LogP contribution is 1.97. The minimum absolute atomic E-state index is 0. The summed E-state index contributed by atoms with van der Waals surface area (Å²) in [5.74, 6) is 0.125. The van der Waals surface area contributed by atoms with E-state index >= 15 is 0 Å². The van der Waals surface area contributed by atoms with Crippen LogP contribution < -0.4 is 17.2 Å². The van der Waals surface area contributed by atoms with Crippen molar-refractivity contribution >= 4 is 47.7 Å². The van der Waals surface area contributed by atoms with Gasteiger partial charge in [0.1, 0.15) is 6.79 Å². The topological polar surface area (TPSA) is 165 Å². The Morgan fingerprint density at radius 1 is 0.846 bits per heavy atom. The maximum atomic E-state index is 8.00. The van der Waals surface area contributed by atoms with Gasteiger partial charge in [-0.1, -0.05) is 0 Å². The van der Waals surface area contributed by atoms with Crippen LogP contribution in [0.3, 0.4) is 0 Å². The van der Waals surface area contributed by atoms with Crippen molar-refractivity contribution in [1.29, 1.82) is 0 Å². The van der Waals surface area contributed by atoms with Gasteiger partial charge in [-0.05, 0) is 0 Å². The van der Waals surface area contributed by atoms with E-state index in [1.54, 1.807) is 0 Å². The van der Waals surface area contributed by atoms with Crippen LogP contribution in [0.1, 0.15) is 0 Å². The Hall–Kier alpha value is -1.19. The Morgan fingerprint density at radius 3 is 1.15 bits per heavy atom. The second-order valence-electron chi connectivity index (χ2n) is 1.41. The number of rotatable bonds is 0. The summed E-state index contributed by atoms with van der Waals surface area (Å²) in [6.07, 6.45) is 0. The summed E-state index contributed by atoms with van der Waals surface area (Å²) < 4.78 is 0. The normalized spacial score (nSPS) is 6.77. The predicted molar refractivity (Wildman–Crippen MR) is 52.3 cm³/mol. The monoisotopic (exact) mass is 200 g/mol. The largest absolute Gasteiger partial charge is 0.412 e. The number of nitrogens with zero attached hydrogens (tertiary/aromatic N) is 3. The lowest BCUT2D eigenvalue weighted by atomic mass is 10.9. The Balaban J connectivity index is -0.000000234. The van der Waals surface area contributed by atoms with Gasteiger partial charge in [0, 0.05) is 0 Å². The molecule has 13 heavy (non-hydrogen) atoms. The molecule has 0 bridgehead atoms. The molecule has 0 saturated carbocycles. The van der Waals surface area contributed by atoms with E-state index in [1.165, 1.54) is 0 Å². The number of carbonyl (C=O) groups excluding carboxylic acids is 1. The van der Waals surface area contributed by atoms with Crippen molar-refractivity contribution in [2.75, 3.05) is 17.2 Å². The van der Waals surface area contributed by atoms with Crippen LogP contribution in [0.4, 0.5) is 17.8 Å². The SMILES string of the molecule is C=O.Nc1nc(N)nc(N)n1.O.[MgH2]. The van der Waals surface area contributed by atoms with Gasteiger partial charge in [-0.2, -0.15) is 15.0 Å². The molecule has 72 valence electrons. The number of hydrogen-bond acceptors (Lipinski definition) is 7. The van der Waals surface area contributed by atoms with Crippen LogP contribution in [0.5, 0.6) is 0 Å². The number of anilines is 3. The summed E-state index contributed by atoms with van der Waals surface area (Å²) in [4.78, 5) is 18.5. The molecule has 1 heterocycles. The molecular weight excluding hydrogens is 188 g/mol. The van der Waals surface area contributed by atoms with E-state index in [0.717, 1.165) is 0 Å². The number of carbonyl (C=O) groups is 1. The molecule has 0 unspecified atom stereocenters. The summed E-state index contributed by atoms with van der Waals surface area (Å²) in [5, 5.41) is 0. The molecule has 0 atom stereocenters. The summed E-state index contributed by atoms with van der Waals surface area (Å²) in [6.45, 7) is 2.00. The molecule has 0 amide bonds. The molecule has 1 rings (SSSR count). The molecule has 0 spiro atoms. The van der Waals surface area contributed by atoms with Crippen LogP contribution >= 0.6 is 0 Å². The summed E-state index contributed by atoms with van der Waals surface area (Å²) in [6, 6.07) is 0.